The number of para-hydroxylation sites is 2. The molecule has 2 heterocycles. The van der Waals surface area contributed by atoms with Crippen molar-refractivity contribution in [2.24, 2.45) is 0 Å². The van der Waals surface area contributed by atoms with Gasteiger partial charge in [-0.25, -0.2) is 14.8 Å². The number of benzene rings is 2. The van der Waals surface area contributed by atoms with Gasteiger partial charge in [0, 0.05) is 18.3 Å². The van der Waals surface area contributed by atoms with E-state index in [0.29, 0.717) is 22.9 Å². The first-order chi connectivity index (χ1) is 13.7. The first-order valence-corrected chi connectivity index (χ1v) is 9.31. The lowest BCUT2D eigenvalue weighted by molar-refractivity contribution is 0.0602. The topological polar surface area (TPSA) is 67.3 Å². The zero-order valence-corrected chi connectivity index (χ0v) is 16.0. The molecule has 3 aromatic rings. The fourth-order valence-electron chi connectivity index (χ4n) is 3.54. The lowest BCUT2D eigenvalue weighted by Crippen LogP contribution is -2.25. The van der Waals surface area contributed by atoms with Crippen molar-refractivity contribution < 1.29 is 9.53 Å². The van der Waals surface area contributed by atoms with E-state index in [1.807, 2.05) is 25.1 Å². The minimum absolute atomic E-state index is 0.390. The van der Waals surface area contributed by atoms with E-state index in [2.05, 4.69) is 44.5 Å². The van der Waals surface area contributed by atoms with Crippen LogP contribution in [-0.4, -0.2) is 29.6 Å². The van der Waals surface area contributed by atoms with Gasteiger partial charge in [-0.15, -0.1) is 0 Å². The number of ether oxygens (including phenoxy) is 1. The molecule has 6 heteroatoms. The molecule has 0 radical (unpaired) electrons. The molecule has 142 valence electrons. The minimum atomic E-state index is -0.390. The van der Waals surface area contributed by atoms with Gasteiger partial charge in [0.05, 0.1) is 18.4 Å². The number of nitrogens with one attached hydrogen (secondary N) is 1. The van der Waals surface area contributed by atoms with E-state index in [1.165, 1.54) is 18.4 Å². The molecular weight excluding hydrogens is 352 g/mol. The number of nitrogens with zero attached hydrogens (tertiary/aromatic N) is 3. The number of hydrogen-bond acceptors (Lipinski definition) is 6. The van der Waals surface area contributed by atoms with Crippen molar-refractivity contribution in [2.75, 3.05) is 23.9 Å². The van der Waals surface area contributed by atoms with Crippen LogP contribution in [0.3, 0.4) is 0 Å². The number of fused-ring (bicyclic) bond motifs is 1. The highest BCUT2D eigenvalue weighted by molar-refractivity contribution is 5.96. The molecule has 4 rings (SSSR count). The molecule has 0 bridgehead atoms. The predicted octanol–water partition coefficient (Wildman–Crippen LogP) is 4.40. The molecule has 28 heavy (non-hydrogen) atoms. The molecule has 6 nitrogen and oxygen atoms in total. The van der Waals surface area contributed by atoms with E-state index in [0.717, 1.165) is 25.2 Å². The van der Waals surface area contributed by atoms with Crippen molar-refractivity contribution in [3.8, 4) is 0 Å². The third-order valence-electron chi connectivity index (χ3n) is 4.81. The van der Waals surface area contributed by atoms with Crippen LogP contribution in [0.2, 0.25) is 0 Å². The zero-order valence-electron chi connectivity index (χ0n) is 16.0. The van der Waals surface area contributed by atoms with Crippen molar-refractivity contribution in [3.05, 3.63) is 71.5 Å². The average molecular weight is 374 g/mol. The average Bonchev–Trinajstić information content (AvgIpc) is 2.72. The molecule has 0 atom stereocenters. The second kappa shape index (κ2) is 7.68. The van der Waals surface area contributed by atoms with Crippen LogP contribution in [0.15, 0.2) is 54.6 Å². The smallest absolute Gasteiger partial charge is 0.339 e. The highest BCUT2D eigenvalue weighted by Gasteiger charge is 2.20. The van der Waals surface area contributed by atoms with Crippen LogP contribution in [0.25, 0.3) is 0 Å². The number of aromatic nitrogens is 2. The summed E-state index contributed by atoms with van der Waals surface area (Å²) in [6.07, 6.45) is 2.16. The lowest BCUT2D eigenvalue weighted by atomic mass is 10.0. The van der Waals surface area contributed by atoms with Gasteiger partial charge in [-0.05, 0) is 43.5 Å². The molecule has 1 aromatic heterocycles. The molecule has 0 spiro atoms. The molecule has 0 unspecified atom stereocenters. The molecule has 0 fully saturated rings. The summed E-state index contributed by atoms with van der Waals surface area (Å²) in [5.41, 5.74) is 3.63. The fourth-order valence-corrected chi connectivity index (χ4v) is 3.54. The Balaban J connectivity index is 1.69. The van der Waals surface area contributed by atoms with E-state index in [1.54, 1.807) is 12.1 Å². The molecule has 0 saturated carbocycles. The summed E-state index contributed by atoms with van der Waals surface area (Å²) in [4.78, 5) is 23.4. The Kier molecular flexibility index (Phi) is 4.93. The molecule has 1 N–H and O–H groups in total. The summed E-state index contributed by atoms with van der Waals surface area (Å²) in [5.74, 6) is 1.76. The molecule has 1 aliphatic rings. The Hall–Kier alpha value is -3.41. The van der Waals surface area contributed by atoms with Crippen molar-refractivity contribution in [1.29, 1.82) is 0 Å². The van der Waals surface area contributed by atoms with E-state index in [4.69, 9.17) is 4.74 Å². The van der Waals surface area contributed by atoms with Crippen LogP contribution >= 0.6 is 0 Å². The maximum atomic E-state index is 12.0. The number of anilines is 4. The van der Waals surface area contributed by atoms with Crippen LogP contribution in [0, 0.1) is 6.92 Å². The highest BCUT2D eigenvalue weighted by Crippen LogP contribution is 2.33. The Morgan fingerprint density at radius 2 is 1.89 bits per heavy atom. The van der Waals surface area contributed by atoms with Crippen molar-refractivity contribution in [3.63, 3.8) is 0 Å². The summed E-state index contributed by atoms with van der Waals surface area (Å²) >= 11 is 0. The van der Waals surface area contributed by atoms with E-state index >= 15 is 0 Å². The molecule has 0 amide bonds. The van der Waals surface area contributed by atoms with Crippen LogP contribution in [0.5, 0.6) is 0 Å². The second-order valence-electron chi connectivity index (χ2n) is 6.70. The lowest BCUT2D eigenvalue weighted by Gasteiger charge is -2.30. The van der Waals surface area contributed by atoms with Crippen LogP contribution in [-0.2, 0) is 11.2 Å². The van der Waals surface area contributed by atoms with E-state index < -0.39 is 0 Å². The van der Waals surface area contributed by atoms with Crippen molar-refractivity contribution in [2.45, 2.75) is 19.8 Å². The zero-order chi connectivity index (χ0) is 19.5. The summed E-state index contributed by atoms with van der Waals surface area (Å²) in [6.45, 7) is 2.78. The summed E-state index contributed by atoms with van der Waals surface area (Å²) < 4.78 is 4.88. The Morgan fingerprint density at radius 3 is 2.75 bits per heavy atom. The van der Waals surface area contributed by atoms with Gasteiger partial charge in [-0.1, -0.05) is 30.3 Å². The first-order valence-electron chi connectivity index (χ1n) is 9.31. The van der Waals surface area contributed by atoms with E-state index in [9.17, 15) is 4.79 Å². The third kappa shape index (κ3) is 3.53. The van der Waals surface area contributed by atoms with Gasteiger partial charge in [-0.2, -0.15) is 0 Å². The van der Waals surface area contributed by atoms with Crippen molar-refractivity contribution >= 4 is 29.0 Å². The van der Waals surface area contributed by atoms with Gasteiger partial charge in [-0.3, -0.25) is 0 Å². The van der Waals surface area contributed by atoms with Gasteiger partial charge >= 0.3 is 5.97 Å². The van der Waals surface area contributed by atoms with Crippen LogP contribution < -0.4 is 10.2 Å². The predicted molar refractivity (Wildman–Crippen MR) is 110 cm³/mol. The molecular formula is C22H22N4O2. The monoisotopic (exact) mass is 374 g/mol. The number of carbonyl (C=O) groups is 1. The highest BCUT2D eigenvalue weighted by atomic mass is 16.5. The van der Waals surface area contributed by atoms with E-state index in [-0.39, 0.29) is 5.97 Å². The minimum Gasteiger partial charge on any atom is -0.465 e. The van der Waals surface area contributed by atoms with Crippen LogP contribution in [0.1, 0.15) is 28.2 Å². The van der Waals surface area contributed by atoms with Gasteiger partial charge in [0.25, 0.3) is 0 Å². The number of aryl methyl sites for hydroxylation is 2. The summed E-state index contributed by atoms with van der Waals surface area (Å²) in [6, 6.07) is 17.6. The fraction of sp³-hybridized carbons (Fsp3) is 0.227. The number of methoxy groups -OCH3 is 1. The molecule has 0 aliphatic carbocycles. The second-order valence-corrected chi connectivity index (χ2v) is 6.70. The first kappa shape index (κ1) is 18.0. The number of rotatable bonds is 4. The quantitative estimate of drug-likeness (QED) is 0.683. The van der Waals surface area contributed by atoms with Gasteiger partial charge in [0.2, 0.25) is 0 Å². The molecule has 1 aliphatic heterocycles. The van der Waals surface area contributed by atoms with Crippen LogP contribution in [0.4, 0.5) is 23.0 Å². The number of hydrogen-bond donors (Lipinski definition) is 1. The van der Waals surface area contributed by atoms with Gasteiger partial charge in [0.1, 0.15) is 17.5 Å². The maximum absolute atomic E-state index is 12.0. The largest absolute Gasteiger partial charge is 0.465 e. The Morgan fingerprint density at radius 1 is 1.11 bits per heavy atom. The summed E-state index contributed by atoms with van der Waals surface area (Å²) in [7, 11) is 1.37. The molecule has 0 saturated heterocycles. The maximum Gasteiger partial charge on any atom is 0.339 e. The summed E-state index contributed by atoms with van der Waals surface area (Å²) in [5, 5.41) is 3.25. The van der Waals surface area contributed by atoms with Crippen molar-refractivity contribution in [1.82, 2.24) is 9.97 Å². The normalized spacial score (nSPS) is 13.0. The van der Waals surface area contributed by atoms with Gasteiger partial charge < -0.3 is 15.0 Å². The Bertz CT molecular complexity index is 1020. The number of carbonyl (C=O) groups excluding carboxylic acids is 1. The standard InChI is InChI=1S/C22H22N4O2/c1-15-23-20(25-18-11-5-4-10-17(18)22(27)28-2)14-21(24-15)26-13-7-9-16-8-3-6-12-19(16)26/h3-6,8,10-12,14H,7,9,13H2,1-2H3,(H,23,24,25). The number of esters is 1. The van der Waals surface area contributed by atoms with Gasteiger partial charge in [0.15, 0.2) is 0 Å². The molecule has 2 aromatic carbocycles. The Labute approximate surface area is 164 Å². The third-order valence-corrected chi connectivity index (χ3v) is 4.81. The SMILES string of the molecule is COC(=O)c1ccccc1Nc1cc(N2CCCc3ccccc32)nc(C)n1.